The van der Waals surface area contributed by atoms with Gasteiger partial charge in [0.15, 0.2) is 0 Å². The third kappa shape index (κ3) is 2.68. The molecule has 2 nitrogen and oxygen atoms in total. The van der Waals surface area contributed by atoms with Crippen molar-refractivity contribution in [1.29, 1.82) is 0 Å². The first-order valence-electron chi connectivity index (χ1n) is 4.93. The Kier molecular flexibility index (Phi) is 3.57. The number of para-hydroxylation sites is 1. The number of halogens is 1. The van der Waals surface area contributed by atoms with Gasteiger partial charge in [0.1, 0.15) is 5.01 Å². The van der Waals surface area contributed by atoms with Gasteiger partial charge in [0.25, 0.3) is 0 Å². The van der Waals surface area contributed by atoms with Gasteiger partial charge in [-0.3, -0.25) is 0 Å². The van der Waals surface area contributed by atoms with E-state index in [1.165, 1.54) is 4.70 Å². The van der Waals surface area contributed by atoms with Crippen LogP contribution in [0.4, 0.5) is 0 Å². The highest BCUT2D eigenvalue weighted by Gasteiger charge is 2.04. The summed E-state index contributed by atoms with van der Waals surface area (Å²) in [6.45, 7) is 2.87. The van der Waals surface area contributed by atoms with Crippen molar-refractivity contribution in [3.05, 3.63) is 29.3 Å². The molecular formula is C11H13ClN2S. The summed E-state index contributed by atoms with van der Waals surface area (Å²) in [6.07, 6.45) is 0. The molecule has 1 heterocycles. The molecule has 0 saturated carbocycles. The van der Waals surface area contributed by atoms with Gasteiger partial charge >= 0.3 is 0 Å². The van der Waals surface area contributed by atoms with Gasteiger partial charge in [-0.1, -0.05) is 12.1 Å². The van der Waals surface area contributed by atoms with Crippen LogP contribution < -0.4 is 5.32 Å². The van der Waals surface area contributed by atoms with Gasteiger partial charge in [0.05, 0.1) is 10.2 Å². The van der Waals surface area contributed by atoms with Crippen molar-refractivity contribution < 1.29 is 0 Å². The predicted octanol–water partition coefficient (Wildman–Crippen LogP) is 3.01. The molecule has 0 bridgehead atoms. The van der Waals surface area contributed by atoms with E-state index in [1.54, 1.807) is 11.3 Å². The van der Waals surface area contributed by atoms with Crippen molar-refractivity contribution >= 4 is 33.2 Å². The smallest absolute Gasteiger partial charge is 0.108 e. The molecule has 4 heteroatoms. The number of nitrogens with zero attached hydrogens (tertiary/aromatic N) is 1. The molecule has 15 heavy (non-hydrogen) atoms. The van der Waals surface area contributed by atoms with Crippen molar-refractivity contribution in [2.24, 2.45) is 0 Å². The molecule has 1 N–H and O–H groups in total. The lowest BCUT2D eigenvalue weighted by Crippen LogP contribution is -2.26. The second kappa shape index (κ2) is 4.92. The molecule has 2 rings (SSSR count). The quantitative estimate of drug-likeness (QED) is 0.832. The molecule has 2 aromatic rings. The first-order chi connectivity index (χ1) is 7.29. The molecule has 1 atom stereocenters. The fourth-order valence-electron chi connectivity index (χ4n) is 1.31. The number of rotatable bonds is 4. The number of hydrogen-bond acceptors (Lipinski definition) is 3. The Morgan fingerprint density at radius 1 is 1.47 bits per heavy atom. The lowest BCUT2D eigenvalue weighted by molar-refractivity contribution is 0.592. The van der Waals surface area contributed by atoms with Crippen LogP contribution in [-0.2, 0) is 6.54 Å². The Morgan fingerprint density at radius 2 is 2.27 bits per heavy atom. The SMILES string of the molecule is CC(CCl)NCc1nc2ccccc2s1. The average Bonchev–Trinajstić information content (AvgIpc) is 2.68. The molecule has 0 saturated heterocycles. The van der Waals surface area contributed by atoms with Gasteiger partial charge in [0, 0.05) is 18.5 Å². The van der Waals surface area contributed by atoms with E-state index in [0.29, 0.717) is 11.9 Å². The molecule has 1 unspecified atom stereocenters. The summed E-state index contributed by atoms with van der Waals surface area (Å²) in [7, 11) is 0. The van der Waals surface area contributed by atoms with Gasteiger partial charge < -0.3 is 5.32 Å². The molecule has 0 aliphatic carbocycles. The Balaban J connectivity index is 2.09. The van der Waals surface area contributed by atoms with Gasteiger partial charge in [-0.2, -0.15) is 0 Å². The number of fused-ring (bicyclic) bond motifs is 1. The van der Waals surface area contributed by atoms with E-state index in [-0.39, 0.29) is 0 Å². The molecule has 80 valence electrons. The van der Waals surface area contributed by atoms with Gasteiger partial charge in [-0.25, -0.2) is 4.98 Å². The summed E-state index contributed by atoms with van der Waals surface area (Å²) in [5.41, 5.74) is 1.08. The molecule has 0 amide bonds. The van der Waals surface area contributed by atoms with E-state index >= 15 is 0 Å². The van der Waals surface area contributed by atoms with Crippen LogP contribution in [-0.4, -0.2) is 16.9 Å². The Hall–Kier alpha value is -0.640. The van der Waals surface area contributed by atoms with E-state index in [0.717, 1.165) is 17.1 Å². The maximum Gasteiger partial charge on any atom is 0.108 e. The second-order valence-electron chi connectivity index (χ2n) is 3.51. The van der Waals surface area contributed by atoms with Crippen molar-refractivity contribution in [3.63, 3.8) is 0 Å². The molecule has 0 spiro atoms. The number of nitrogens with one attached hydrogen (secondary N) is 1. The minimum atomic E-state index is 0.332. The minimum absolute atomic E-state index is 0.332. The normalized spacial score (nSPS) is 13.2. The fraction of sp³-hybridized carbons (Fsp3) is 0.364. The molecule has 0 aliphatic heterocycles. The maximum absolute atomic E-state index is 5.72. The van der Waals surface area contributed by atoms with E-state index in [9.17, 15) is 0 Å². The van der Waals surface area contributed by atoms with Crippen molar-refractivity contribution in [2.75, 3.05) is 5.88 Å². The number of benzene rings is 1. The highest BCUT2D eigenvalue weighted by atomic mass is 35.5. The number of aromatic nitrogens is 1. The van der Waals surface area contributed by atoms with Crippen LogP contribution in [0.1, 0.15) is 11.9 Å². The van der Waals surface area contributed by atoms with E-state index in [1.807, 2.05) is 18.2 Å². The molecule has 1 aromatic heterocycles. The molecule has 0 fully saturated rings. The van der Waals surface area contributed by atoms with Crippen molar-refractivity contribution in [2.45, 2.75) is 19.5 Å². The standard InChI is InChI=1S/C11H13ClN2S/c1-8(6-12)13-7-11-14-9-4-2-3-5-10(9)15-11/h2-5,8,13H,6-7H2,1H3. The third-order valence-electron chi connectivity index (χ3n) is 2.17. The zero-order chi connectivity index (χ0) is 10.7. The van der Waals surface area contributed by atoms with E-state index < -0.39 is 0 Å². The molecule has 0 aliphatic rings. The monoisotopic (exact) mass is 240 g/mol. The molecule has 1 aromatic carbocycles. The highest BCUT2D eigenvalue weighted by Crippen LogP contribution is 2.21. The van der Waals surface area contributed by atoms with Crippen LogP contribution >= 0.6 is 22.9 Å². The lowest BCUT2D eigenvalue weighted by atomic mass is 10.3. The lowest BCUT2D eigenvalue weighted by Gasteiger charge is -2.07. The summed E-state index contributed by atoms with van der Waals surface area (Å²) in [5.74, 6) is 0.630. The number of thiazole rings is 1. The van der Waals surface area contributed by atoms with Gasteiger partial charge in [-0.05, 0) is 19.1 Å². The molecule has 0 radical (unpaired) electrons. The Morgan fingerprint density at radius 3 is 3.00 bits per heavy atom. The molecular weight excluding hydrogens is 228 g/mol. The average molecular weight is 241 g/mol. The first kappa shape index (κ1) is 10.9. The summed E-state index contributed by atoms with van der Waals surface area (Å²) < 4.78 is 1.24. The zero-order valence-electron chi connectivity index (χ0n) is 8.53. The summed E-state index contributed by atoms with van der Waals surface area (Å²) >= 11 is 7.45. The van der Waals surface area contributed by atoms with Gasteiger partial charge in [0.2, 0.25) is 0 Å². The van der Waals surface area contributed by atoms with Gasteiger partial charge in [-0.15, -0.1) is 22.9 Å². The highest BCUT2D eigenvalue weighted by molar-refractivity contribution is 7.18. The van der Waals surface area contributed by atoms with Crippen molar-refractivity contribution in [1.82, 2.24) is 10.3 Å². The van der Waals surface area contributed by atoms with Crippen LogP contribution in [0.15, 0.2) is 24.3 Å². The zero-order valence-corrected chi connectivity index (χ0v) is 10.1. The Labute approximate surface area is 98.3 Å². The Bertz CT molecular complexity index is 408. The predicted molar refractivity (Wildman–Crippen MR) is 66.6 cm³/mol. The minimum Gasteiger partial charge on any atom is -0.307 e. The fourth-order valence-corrected chi connectivity index (χ4v) is 2.34. The van der Waals surface area contributed by atoms with E-state index in [2.05, 4.69) is 23.3 Å². The van der Waals surface area contributed by atoms with Crippen LogP contribution in [0.5, 0.6) is 0 Å². The van der Waals surface area contributed by atoms with Crippen LogP contribution in [0.25, 0.3) is 10.2 Å². The number of alkyl halides is 1. The topological polar surface area (TPSA) is 24.9 Å². The number of hydrogen-bond donors (Lipinski definition) is 1. The largest absolute Gasteiger partial charge is 0.307 e. The van der Waals surface area contributed by atoms with Crippen LogP contribution in [0, 0.1) is 0 Å². The summed E-state index contributed by atoms with van der Waals surface area (Å²) in [4.78, 5) is 4.53. The van der Waals surface area contributed by atoms with Crippen LogP contribution in [0.3, 0.4) is 0 Å². The summed E-state index contributed by atoms with van der Waals surface area (Å²) in [6, 6.07) is 8.53. The third-order valence-corrected chi connectivity index (χ3v) is 3.67. The van der Waals surface area contributed by atoms with Crippen LogP contribution in [0.2, 0.25) is 0 Å². The summed E-state index contributed by atoms with van der Waals surface area (Å²) in [5, 5.41) is 4.44. The first-order valence-corrected chi connectivity index (χ1v) is 6.28. The maximum atomic E-state index is 5.72. The van der Waals surface area contributed by atoms with Crippen molar-refractivity contribution in [3.8, 4) is 0 Å². The van der Waals surface area contributed by atoms with E-state index in [4.69, 9.17) is 11.6 Å². The second-order valence-corrected chi connectivity index (χ2v) is 4.94.